The van der Waals surface area contributed by atoms with E-state index in [-0.39, 0.29) is 16.5 Å². The minimum absolute atomic E-state index is 0.132. The van der Waals surface area contributed by atoms with E-state index >= 15 is 0 Å². The van der Waals surface area contributed by atoms with Crippen LogP contribution in [0.5, 0.6) is 0 Å². The van der Waals surface area contributed by atoms with Crippen molar-refractivity contribution in [2.24, 2.45) is 0 Å². The van der Waals surface area contributed by atoms with Gasteiger partial charge in [-0.1, -0.05) is 26.2 Å². The van der Waals surface area contributed by atoms with E-state index in [1.54, 1.807) is 0 Å². The van der Waals surface area contributed by atoms with Crippen molar-refractivity contribution in [2.75, 3.05) is 12.8 Å². The maximum atomic E-state index is 12.9. The van der Waals surface area contributed by atoms with E-state index in [2.05, 4.69) is 37.2 Å². The first-order chi connectivity index (χ1) is 8.94. The number of amides is 1. The quantitative estimate of drug-likeness (QED) is 0.842. The number of nitrogens with zero attached hydrogens (tertiary/aromatic N) is 1. The highest BCUT2D eigenvalue weighted by atomic mass is 32.2. The number of rotatable bonds is 5. The Balaban J connectivity index is 2.16. The summed E-state index contributed by atoms with van der Waals surface area (Å²) in [5.74, 6) is 0.366. The summed E-state index contributed by atoms with van der Waals surface area (Å²) in [6.45, 7) is 7.51. The molecular formula is C15H28N2OS. The van der Waals surface area contributed by atoms with Gasteiger partial charge in [-0.3, -0.25) is 10.1 Å². The van der Waals surface area contributed by atoms with Crippen LogP contribution in [0.1, 0.15) is 59.3 Å². The molecule has 0 aromatic rings. The van der Waals surface area contributed by atoms with Crippen LogP contribution in [-0.4, -0.2) is 40.1 Å². The lowest BCUT2D eigenvalue weighted by atomic mass is 9.98. The zero-order valence-corrected chi connectivity index (χ0v) is 13.6. The van der Waals surface area contributed by atoms with E-state index in [0.29, 0.717) is 5.91 Å². The summed E-state index contributed by atoms with van der Waals surface area (Å²) in [6, 6.07) is 0. The highest BCUT2D eigenvalue weighted by Crippen LogP contribution is 2.38. The maximum absolute atomic E-state index is 12.9. The van der Waals surface area contributed by atoms with Crippen molar-refractivity contribution in [1.29, 1.82) is 0 Å². The second-order valence-corrected chi connectivity index (χ2v) is 8.15. The van der Waals surface area contributed by atoms with Crippen LogP contribution in [0.2, 0.25) is 0 Å². The fourth-order valence-electron chi connectivity index (χ4n) is 3.37. The molecule has 4 heteroatoms. The average molecular weight is 284 g/mol. The third-order valence-electron chi connectivity index (χ3n) is 4.61. The second-order valence-electron chi connectivity index (χ2n) is 6.63. The molecule has 110 valence electrons. The number of carbonyl (C=O) groups excluding carboxylic acids is 1. The standard InChI is InChI=1S/C15H28N2OS/c1-5-8-12-16-15(9-6-7-10-15)13(18)17(12)11-14(2,3)19-4/h12,16H,5-11H2,1-4H3. The van der Waals surface area contributed by atoms with Crippen molar-refractivity contribution in [3.63, 3.8) is 0 Å². The smallest absolute Gasteiger partial charge is 0.244 e. The third kappa shape index (κ3) is 2.94. The molecule has 1 saturated heterocycles. The summed E-state index contributed by atoms with van der Waals surface area (Å²) in [4.78, 5) is 15.0. The van der Waals surface area contributed by atoms with Gasteiger partial charge in [0.25, 0.3) is 0 Å². The van der Waals surface area contributed by atoms with E-state index in [4.69, 9.17) is 0 Å². The zero-order valence-electron chi connectivity index (χ0n) is 12.8. The predicted octanol–water partition coefficient (Wildman–Crippen LogP) is 3.00. The molecule has 2 aliphatic rings. The molecule has 3 nitrogen and oxygen atoms in total. The molecule has 2 fully saturated rings. The van der Waals surface area contributed by atoms with Gasteiger partial charge in [-0.25, -0.2) is 0 Å². The molecule has 1 aliphatic carbocycles. The van der Waals surface area contributed by atoms with Gasteiger partial charge in [-0.15, -0.1) is 0 Å². The van der Waals surface area contributed by atoms with E-state index in [1.165, 1.54) is 12.8 Å². The third-order valence-corrected chi connectivity index (χ3v) is 5.85. The van der Waals surface area contributed by atoms with Gasteiger partial charge in [0.15, 0.2) is 0 Å². The van der Waals surface area contributed by atoms with Gasteiger partial charge >= 0.3 is 0 Å². The minimum Gasteiger partial charge on any atom is -0.324 e. The van der Waals surface area contributed by atoms with Crippen molar-refractivity contribution >= 4 is 17.7 Å². The molecule has 1 spiro atoms. The van der Waals surface area contributed by atoms with E-state index in [9.17, 15) is 4.79 Å². The summed E-state index contributed by atoms with van der Waals surface area (Å²) >= 11 is 1.85. The van der Waals surface area contributed by atoms with Crippen LogP contribution < -0.4 is 5.32 Å². The maximum Gasteiger partial charge on any atom is 0.244 e. The fraction of sp³-hybridized carbons (Fsp3) is 0.933. The largest absolute Gasteiger partial charge is 0.324 e. The van der Waals surface area contributed by atoms with Gasteiger partial charge in [0.2, 0.25) is 5.91 Å². The van der Waals surface area contributed by atoms with Gasteiger partial charge in [0.05, 0.1) is 11.7 Å². The Hall–Kier alpha value is -0.220. The summed E-state index contributed by atoms with van der Waals surface area (Å²) in [5, 5.41) is 3.68. The Morgan fingerprint density at radius 3 is 2.58 bits per heavy atom. The Morgan fingerprint density at radius 1 is 1.42 bits per heavy atom. The van der Waals surface area contributed by atoms with Crippen LogP contribution in [0, 0.1) is 0 Å². The first kappa shape index (κ1) is 15.2. The normalized spacial score (nSPS) is 26.6. The van der Waals surface area contributed by atoms with Gasteiger partial charge in [0.1, 0.15) is 0 Å². The lowest BCUT2D eigenvalue weighted by Gasteiger charge is -2.32. The van der Waals surface area contributed by atoms with E-state index < -0.39 is 0 Å². The summed E-state index contributed by atoms with van der Waals surface area (Å²) in [5.41, 5.74) is -0.214. The molecule has 1 aliphatic heterocycles. The Morgan fingerprint density at radius 2 is 2.05 bits per heavy atom. The highest BCUT2D eigenvalue weighted by molar-refractivity contribution is 7.99. The Kier molecular flexibility index (Phi) is 4.51. The van der Waals surface area contributed by atoms with Crippen LogP contribution in [0.15, 0.2) is 0 Å². The van der Waals surface area contributed by atoms with Crippen LogP contribution in [0.3, 0.4) is 0 Å². The predicted molar refractivity (Wildman–Crippen MR) is 82.3 cm³/mol. The number of hydrogen-bond acceptors (Lipinski definition) is 3. The van der Waals surface area contributed by atoms with E-state index in [0.717, 1.165) is 32.2 Å². The summed E-state index contributed by atoms with van der Waals surface area (Å²) in [6.07, 6.45) is 9.02. The first-order valence-electron chi connectivity index (χ1n) is 7.58. The molecule has 0 aromatic heterocycles. The molecule has 0 bridgehead atoms. The van der Waals surface area contributed by atoms with Crippen LogP contribution in [0.25, 0.3) is 0 Å². The van der Waals surface area contributed by atoms with Gasteiger partial charge in [0, 0.05) is 11.3 Å². The summed E-state index contributed by atoms with van der Waals surface area (Å²) < 4.78 is 0.132. The van der Waals surface area contributed by atoms with Crippen LogP contribution in [0.4, 0.5) is 0 Å². The molecule has 1 heterocycles. The number of carbonyl (C=O) groups is 1. The van der Waals surface area contributed by atoms with Gasteiger partial charge < -0.3 is 4.90 Å². The topological polar surface area (TPSA) is 32.3 Å². The fourth-order valence-corrected chi connectivity index (χ4v) is 3.64. The van der Waals surface area contributed by atoms with Crippen molar-refractivity contribution in [1.82, 2.24) is 10.2 Å². The molecular weight excluding hydrogens is 256 g/mol. The monoisotopic (exact) mass is 284 g/mol. The molecule has 1 unspecified atom stereocenters. The van der Waals surface area contributed by atoms with Crippen molar-refractivity contribution in [3.05, 3.63) is 0 Å². The Labute approximate surface area is 121 Å². The molecule has 1 atom stereocenters. The van der Waals surface area contributed by atoms with E-state index in [1.807, 2.05) is 11.8 Å². The first-order valence-corrected chi connectivity index (χ1v) is 8.80. The molecule has 1 saturated carbocycles. The number of thioether (sulfide) groups is 1. The van der Waals surface area contributed by atoms with Crippen LogP contribution >= 0.6 is 11.8 Å². The molecule has 0 radical (unpaired) electrons. The Bertz CT molecular complexity index is 337. The molecule has 19 heavy (non-hydrogen) atoms. The highest BCUT2D eigenvalue weighted by Gasteiger charge is 2.52. The summed E-state index contributed by atoms with van der Waals surface area (Å²) in [7, 11) is 0. The zero-order chi connectivity index (χ0) is 14.1. The van der Waals surface area contributed by atoms with Gasteiger partial charge in [-0.2, -0.15) is 11.8 Å². The van der Waals surface area contributed by atoms with Crippen molar-refractivity contribution < 1.29 is 4.79 Å². The molecule has 1 amide bonds. The lowest BCUT2D eigenvalue weighted by Crippen LogP contribution is -2.45. The number of nitrogens with one attached hydrogen (secondary N) is 1. The van der Waals surface area contributed by atoms with Crippen LogP contribution in [-0.2, 0) is 4.79 Å². The average Bonchev–Trinajstić information content (AvgIpc) is 2.92. The molecule has 2 rings (SSSR count). The molecule has 0 aromatic carbocycles. The molecule has 1 N–H and O–H groups in total. The van der Waals surface area contributed by atoms with Crippen molar-refractivity contribution in [3.8, 4) is 0 Å². The van der Waals surface area contributed by atoms with Crippen molar-refractivity contribution in [2.45, 2.75) is 75.7 Å². The minimum atomic E-state index is -0.214. The second kappa shape index (κ2) is 5.65. The number of hydrogen-bond donors (Lipinski definition) is 1. The SMILES string of the molecule is CCCC1NC2(CCCC2)C(=O)N1CC(C)(C)SC. The lowest BCUT2D eigenvalue weighted by molar-refractivity contribution is -0.133. The van der Waals surface area contributed by atoms with Gasteiger partial charge in [-0.05, 0) is 39.4 Å².